The molecule has 1 fully saturated rings. The average Bonchev–Trinajstić information content (AvgIpc) is 3.12. The van der Waals surface area contributed by atoms with Gasteiger partial charge in [-0.1, -0.05) is 30.3 Å². The van der Waals surface area contributed by atoms with Crippen LogP contribution >= 0.6 is 0 Å². The van der Waals surface area contributed by atoms with Crippen LogP contribution in [-0.4, -0.2) is 25.3 Å². The maximum atomic E-state index is 11.8. The van der Waals surface area contributed by atoms with Crippen LogP contribution in [0.15, 0.2) is 53.6 Å². The summed E-state index contributed by atoms with van der Waals surface area (Å²) in [5.74, 6) is 0. The summed E-state index contributed by atoms with van der Waals surface area (Å²) in [4.78, 5) is 14.2. The number of hydrogen-bond acceptors (Lipinski definition) is 3. The molecule has 0 aliphatic carbocycles. The predicted octanol–water partition coefficient (Wildman–Crippen LogP) is 3.75. The van der Waals surface area contributed by atoms with E-state index in [0.717, 1.165) is 29.9 Å². The van der Waals surface area contributed by atoms with Crippen LogP contribution in [0.1, 0.15) is 24.0 Å². The van der Waals surface area contributed by atoms with E-state index in [2.05, 4.69) is 32.9 Å². The van der Waals surface area contributed by atoms with Gasteiger partial charge >= 0.3 is 6.03 Å². The molecule has 1 aliphatic rings. The second kappa shape index (κ2) is 7.64. The summed E-state index contributed by atoms with van der Waals surface area (Å²) in [6.45, 7) is 4.21. The maximum absolute atomic E-state index is 11.8. The Bertz CT molecular complexity index is 718. The Morgan fingerprint density at radius 3 is 2.50 bits per heavy atom. The largest absolute Gasteiger partial charge is 0.372 e. The molecule has 5 nitrogen and oxygen atoms in total. The number of carbonyl (C=O) groups is 1. The molecular formula is C19H22N4O. The quantitative estimate of drug-likeness (QED) is 0.665. The minimum Gasteiger partial charge on any atom is -0.372 e. The zero-order chi connectivity index (χ0) is 16.8. The normalized spacial score (nSPS) is 14.1. The Morgan fingerprint density at radius 2 is 1.79 bits per heavy atom. The number of rotatable bonds is 4. The molecule has 1 heterocycles. The van der Waals surface area contributed by atoms with Crippen LogP contribution in [-0.2, 0) is 0 Å². The molecule has 0 atom stereocenters. The van der Waals surface area contributed by atoms with Crippen LogP contribution in [0, 0.1) is 6.92 Å². The molecule has 0 bridgehead atoms. The average molecular weight is 322 g/mol. The first-order valence-electron chi connectivity index (χ1n) is 8.23. The number of carbonyl (C=O) groups excluding carboxylic acids is 1. The summed E-state index contributed by atoms with van der Waals surface area (Å²) in [7, 11) is 0. The number of para-hydroxylation sites is 1. The van der Waals surface area contributed by atoms with Crippen molar-refractivity contribution in [3.05, 3.63) is 59.7 Å². The molecule has 2 amide bonds. The van der Waals surface area contributed by atoms with E-state index in [0.29, 0.717) is 0 Å². The highest BCUT2D eigenvalue weighted by molar-refractivity contribution is 5.91. The summed E-state index contributed by atoms with van der Waals surface area (Å²) in [5, 5.41) is 6.77. The van der Waals surface area contributed by atoms with E-state index >= 15 is 0 Å². The van der Waals surface area contributed by atoms with Gasteiger partial charge in [0.05, 0.1) is 6.21 Å². The standard InChI is InChI=1S/C19H22N4O/c1-15-6-2-3-7-18(15)21-19(24)22-20-14-16-8-10-17(11-9-16)23-12-4-5-13-23/h2-3,6-11,14H,4-5,12-13H2,1H3,(H2,21,22,24)/b20-14+. The highest BCUT2D eigenvalue weighted by atomic mass is 16.2. The van der Waals surface area contributed by atoms with Gasteiger partial charge in [0.25, 0.3) is 0 Å². The van der Waals surface area contributed by atoms with Crippen molar-refractivity contribution in [2.45, 2.75) is 19.8 Å². The molecule has 1 aliphatic heterocycles. The van der Waals surface area contributed by atoms with E-state index in [-0.39, 0.29) is 6.03 Å². The fourth-order valence-electron chi connectivity index (χ4n) is 2.78. The lowest BCUT2D eigenvalue weighted by atomic mass is 10.2. The lowest BCUT2D eigenvalue weighted by Gasteiger charge is -2.17. The van der Waals surface area contributed by atoms with Gasteiger partial charge in [0.2, 0.25) is 0 Å². The van der Waals surface area contributed by atoms with Gasteiger partial charge in [0.1, 0.15) is 0 Å². The summed E-state index contributed by atoms with van der Waals surface area (Å²) in [6, 6.07) is 15.5. The summed E-state index contributed by atoms with van der Waals surface area (Å²) < 4.78 is 0. The zero-order valence-electron chi connectivity index (χ0n) is 13.8. The molecule has 2 aromatic carbocycles. The van der Waals surface area contributed by atoms with Crippen LogP contribution < -0.4 is 15.6 Å². The maximum Gasteiger partial charge on any atom is 0.339 e. The molecule has 24 heavy (non-hydrogen) atoms. The lowest BCUT2D eigenvalue weighted by Crippen LogP contribution is -2.24. The molecule has 0 unspecified atom stereocenters. The predicted molar refractivity (Wildman–Crippen MR) is 98.8 cm³/mol. The van der Waals surface area contributed by atoms with E-state index in [1.54, 1.807) is 6.21 Å². The highest BCUT2D eigenvalue weighted by Crippen LogP contribution is 2.19. The Kier molecular flexibility index (Phi) is 5.11. The van der Waals surface area contributed by atoms with Gasteiger partial charge < -0.3 is 10.2 Å². The Hall–Kier alpha value is -2.82. The van der Waals surface area contributed by atoms with Crippen LogP contribution in [0.2, 0.25) is 0 Å². The molecule has 124 valence electrons. The minimum atomic E-state index is -0.353. The highest BCUT2D eigenvalue weighted by Gasteiger charge is 2.11. The van der Waals surface area contributed by atoms with Crippen molar-refractivity contribution in [2.75, 3.05) is 23.3 Å². The van der Waals surface area contributed by atoms with E-state index in [9.17, 15) is 4.79 Å². The number of anilines is 2. The third kappa shape index (κ3) is 4.13. The minimum absolute atomic E-state index is 0.353. The van der Waals surface area contributed by atoms with E-state index in [4.69, 9.17) is 0 Å². The van der Waals surface area contributed by atoms with Gasteiger partial charge in [-0.2, -0.15) is 5.10 Å². The Balaban J connectivity index is 1.52. The number of hydrogen-bond donors (Lipinski definition) is 2. The molecule has 2 aromatic rings. The molecule has 0 saturated carbocycles. The van der Waals surface area contributed by atoms with Crippen LogP contribution in [0.25, 0.3) is 0 Å². The first kappa shape index (κ1) is 16.1. The number of aryl methyl sites for hydroxylation is 1. The third-order valence-electron chi connectivity index (χ3n) is 4.14. The van der Waals surface area contributed by atoms with Crippen molar-refractivity contribution >= 4 is 23.6 Å². The summed E-state index contributed by atoms with van der Waals surface area (Å²) in [6.07, 6.45) is 4.18. The molecular weight excluding hydrogens is 300 g/mol. The smallest absolute Gasteiger partial charge is 0.339 e. The van der Waals surface area contributed by atoms with Crippen LogP contribution in [0.4, 0.5) is 16.2 Å². The number of nitrogens with zero attached hydrogens (tertiary/aromatic N) is 2. The van der Waals surface area contributed by atoms with Crippen LogP contribution in [0.3, 0.4) is 0 Å². The van der Waals surface area contributed by atoms with Gasteiger partial charge in [-0.05, 0) is 49.1 Å². The second-order valence-corrected chi connectivity index (χ2v) is 5.92. The molecule has 0 aromatic heterocycles. The van der Waals surface area contributed by atoms with E-state index in [1.807, 2.05) is 43.3 Å². The van der Waals surface area contributed by atoms with Crippen molar-refractivity contribution < 1.29 is 4.79 Å². The Labute approximate surface area is 142 Å². The van der Waals surface area contributed by atoms with Crippen molar-refractivity contribution in [2.24, 2.45) is 5.10 Å². The molecule has 0 radical (unpaired) electrons. The number of urea groups is 1. The topological polar surface area (TPSA) is 56.7 Å². The number of hydrazone groups is 1. The van der Waals surface area contributed by atoms with Crippen molar-refractivity contribution in [3.8, 4) is 0 Å². The van der Waals surface area contributed by atoms with Gasteiger partial charge in [0, 0.05) is 24.5 Å². The Morgan fingerprint density at radius 1 is 1.08 bits per heavy atom. The second-order valence-electron chi connectivity index (χ2n) is 5.92. The SMILES string of the molecule is Cc1ccccc1NC(=O)N/N=C/c1ccc(N2CCCC2)cc1. The first-order chi connectivity index (χ1) is 11.7. The molecule has 1 saturated heterocycles. The molecule has 2 N–H and O–H groups in total. The lowest BCUT2D eigenvalue weighted by molar-refractivity contribution is 0.252. The van der Waals surface area contributed by atoms with Crippen molar-refractivity contribution in [1.82, 2.24) is 5.43 Å². The third-order valence-corrected chi connectivity index (χ3v) is 4.14. The summed E-state index contributed by atoms with van der Waals surface area (Å²) >= 11 is 0. The van der Waals surface area contributed by atoms with E-state index in [1.165, 1.54) is 18.5 Å². The fourth-order valence-corrected chi connectivity index (χ4v) is 2.78. The summed E-state index contributed by atoms with van der Waals surface area (Å²) in [5.41, 5.74) is 6.47. The first-order valence-corrected chi connectivity index (χ1v) is 8.23. The molecule has 5 heteroatoms. The van der Waals surface area contributed by atoms with Crippen LogP contribution in [0.5, 0.6) is 0 Å². The number of nitrogens with one attached hydrogen (secondary N) is 2. The molecule has 0 spiro atoms. The van der Waals surface area contributed by atoms with E-state index < -0.39 is 0 Å². The zero-order valence-corrected chi connectivity index (χ0v) is 13.8. The van der Waals surface area contributed by atoms with Gasteiger partial charge in [-0.15, -0.1) is 0 Å². The number of benzene rings is 2. The van der Waals surface area contributed by atoms with Gasteiger partial charge in [-0.3, -0.25) is 0 Å². The monoisotopic (exact) mass is 322 g/mol. The number of amides is 2. The van der Waals surface area contributed by atoms with Crippen molar-refractivity contribution in [3.63, 3.8) is 0 Å². The van der Waals surface area contributed by atoms with Gasteiger partial charge in [-0.25, -0.2) is 10.2 Å². The molecule has 3 rings (SSSR count). The fraction of sp³-hybridized carbons (Fsp3) is 0.263. The van der Waals surface area contributed by atoms with Gasteiger partial charge in [0.15, 0.2) is 0 Å². The van der Waals surface area contributed by atoms with Crippen molar-refractivity contribution in [1.29, 1.82) is 0 Å².